The number of pyridine rings is 1. The van der Waals surface area contributed by atoms with Gasteiger partial charge >= 0.3 is 0 Å². The SMILES string of the molecule is COCCN1CCC2(CC1)CCN(C(=O)Cc1cccnc1)CC2. The summed E-state index contributed by atoms with van der Waals surface area (Å²) in [5.74, 6) is 0.246. The second-order valence-electron chi connectivity index (χ2n) is 7.25. The molecule has 5 nitrogen and oxygen atoms in total. The molecule has 2 saturated heterocycles. The van der Waals surface area contributed by atoms with E-state index in [4.69, 9.17) is 4.74 Å². The summed E-state index contributed by atoms with van der Waals surface area (Å²) in [6.45, 7) is 6.04. The Hall–Kier alpha value is -1.46. The lowest BCUT2D eigenvalue weighted by Crippen LogP contribution is -2.48. The van der Waals surface area contributed by atoms with Gasteiger partial charge in [-0.25, -0.2) is 0 Å². The molecule has 24 heavy (non-hydrogen) atoms. The monoisotopic (exact) mass is 331 g/mol. The molecule has 2 aliphatic heterocycles. The van der Waals surface area contributed by atoms with E-state index in [0.29, 0.717) is 11.8 Å². The fourth-order valence-electron chi connectivity index (χ4n) is 3.99. The molecule has 1 spiro atoms. The van der Waals surface area contributed by atoms with Crippen LogP contribution in [0.2, 0.25) is 0 Å². The lowest BCUT2D eigenvalue weighted by Gasteiger charge is -2.47. The van der Waals surface area contributed by atoms with Crippen LogP contribution in [-0.4, -0.2) is 67.1 Å². The fraction of sp³-hybridized carbons (Fsp3) is 0.684. The highest BCUT2D eigenvalue weighted by Crippen LogP contribution is 2.41. The highest BCUT2D eigenvalue weighted by atomic mass is 16.5. The Balaban J connectivity index is 1.45. The third kappa shape index (κ3) is 4.33. The lowest BCUT2D eigenvalue weighted by atomic mass is 9.71. The minimum Gasteiger partial charge on any atom is -0.383 e. The second kappa shape index (κ2) is 8.08. The first-order valence-corrected chi connectivity index (χ1v) is 9.09. The first-order valence-electron chi connectivity index (χ1n) is 9.09. The van der Waals surface area contributed by atoms with Crippen LogP contribution < -0.4 is 0 Å². The average Bonchev–Trinajstić information content (AvgIpc) is 2.63. The van der Waals surface area contributed by atoms with Crippen molar-refractivity contribution in [1.29, 1.82) is 0 Å². The zero-order valence-corrected chi connectivity index (χ0v) is 14.7. The number of methoxy groups -OCH3 is 1. The standard InChI is InChI=1S/C19H29N3O2/c1-24-14-13-21-9-4-19(5-10-21)6-11-22(12-7-19)18(23)15-17-3-2-8-20-16-17/h2-3,8,16H,4-7,9-15H2,1H3. The highest BCUT2D eigenvalue weighted by Gasteiger charge is 2.38. The Kier molecular flexibility index (Phi) is 5.85. The molecular weight excluding hydrogens is 302 g/mol. The van der Waals surface area contributed by atoms with E-state index in [1.54, 1.807) is 19.5 Å². The van der Waals surface area contributed by atoms with Gasteiger partial charge < -0.3 is 14.5 Å². The minimum atomic E-state index is 0.246. The molecule has 1 aromatic rings. The van der Waals surface area contributed by atoms with Crippen LogP contribution in [0.5, 0.6) is 0 Å². The van der Waals surface area contributed by atoms with E-state index >= 15 is 0 Å². The van der Waals surface area contributed by atoms with E-state index in [1.165, 1.54) is 25.9 Å². The van der Waals surface area contributed by atoms with Gasteiger partial charge in [0.1, 0.15) is 0 Å². The molecule has 0 aliphatic carbocycles. The van der Waals surface area contributed by atoms with E-state index in [1.807, 2.05) is 12.1 Å². The van der Waals surface area contributed by atoms with Crippen molar-refractivity contribution >= 4 is 5.91 Å². The van der Waals surface area contributed by atoms with Crippen LogP contribution in [0.3, 0.4) is 0 Å². The molecule has 1 amide bonds. The van der Waals surface area contributed by atoms with Crippen molar-refractivity contribution in [1.82, 2.24) is 14.8 Å². The molecule has 2 fully saturated rings. The van der Waals surface area contributed by atoms with E-state index in [0.717, 1.165) is 44.6 Å². The van der Waals surface area contributed by atoms with E-state index in [9.17, 15) is 4.79 Å². The first-order chi connectivity index (χ1) is 11.7. The number of carbonyl (C=O) groups excluding carboxylic acids is 1. The van der Waals surface area contributed by atoms with Crippen molar-refractivity contribution in [3.05, 3.63) is 30.1 Å². The van der Waals surface area contributed by atoms with Gasteiger partial charge in [0, 0.05) is 39.1 Å². The third-order valence-electron chi connectivity index (χ3n) is 5.78. The van der Waals surface area contributed by atoms with Crippen LogP contribution in [0.15, 0.2) is 24.5 Å². The quantitative estimate of drug-likeness (QED) is 0.828. The maximum Gasteiger partial charge on any atom is 0.227 e. The van der Waals surface area contributed by atoms with Crippen LogP contribution in [0.25, 0.3) is 0 Å². The summed E-state index contributed by atoms with van der Waals surface area (Å²) in [6.07, 6.45) is 8.86. The van der Waals surface area contributed by atoms with Crippen molar-refractivity contribution in [2.75, 3.05) is 46.4 Å². The summed E-state index contributed by atoms with van der Waals surface area (Å²) in [4.78, 5) is 21.1. The van der Waals surface area contributed by atoms with Gasteiger partial charge in [0.05, 0.1) is 13.0 Å². The largest absolute Gasteiger partial charge is 0.383 e. The molecule has 5 heteroatoms. The zero-order chi connectivity index (χ0) is 16.8. The minimum absolute atomic E-state index is 0.246. The van der Waals surface area contributed by atoms with Crippen molar-refractivity contribution in [2.24, 2.45) is 5.41 Å². The normalized spacial score (nSPS) is 21.1. The average molecular weight is 331 g/mol. The van der Waals surface area contributed by atoms with Crippen LogP contribution in [0, 0.1) is 5.41 Å². The smallest absolute Gasteiger partial charge is 0.227 e. The van der Waals surface area contributed by atoms with Gasteiger partial charge in [-0.05, 0) is 55.8 Å². The van der Waals surface area contributed by atoms with Crippen molar-refractivity contribution in [3.63, 3.8) is 0 Å². The number of aromatic nitrogens is 1. The van der Waals surface area contributed by atoms with Gasteiger partial charge in [0.2, 0.25) is 5.91 Å². The Labute approximate surface area is 145 Å². The molecular formula is C19H29N3O2. The number of hydrogen-bond acceptors (Lipinski definition) is 4. The van der Waals surface area contributed by atoms with Crippen molar-refractivity contribution in [3.8, 4) is 0 Å². The maximum atomic E-state index is 12.5. The number of carbonyl (C=O) groups is 1. The first kappa shape index (κ1) is 17.4. The van der Waals surface area contributed by atoms with Crippen molar-refractivity contribution < 1.29 is 9.53 Å². The van der Waals surface area contributed by atoms with Gasteiger partial charge in [-0.1, -0.05) is 6.07 Å². The molecule has 0 saturated carbocycles. The highest BCUT2D eigenvalue weighted by molar-refractivity contribution is 5.78. The predicted molar refractivity (Wildman–Crippen MR) is 93.7 cm³/mol. The maximum absolute atomic E-state index is 12.5. The number of ether oxygens (including phenoxy) is 1. The molecule has 1 aromatic heterocycles. The molecule has 3 rings (SSSR count). The van der Waals surface area contributed by atoms with Gasteiger partial charge in [-0.2, -0.15) is 0 Å². The summed E-state index contributed by atoms with van der Waals surface area (Å²) in [5.41, 5.74) is 1.48. The number of piperidine rings is 2. The fourth-order valence-corrected chi connectivity index (χ4v) is 3.99. The Morgan fingerprint density at radius 2 is 1.92 bits per heavy atom. The molecule has 3 heterocycles. The Morgan fingerprint density at radius 1 is 1.21 bits per heavy atom. The number of amides is 1. The Bertz CT molecular complexity index is 517. The van der Waals surface area contributed by atoms with Crippen LogP contribution in [0.1, 0.15) is 31.2 Å². The second-order valence-corrected chi connectivity index (χ2v) is 7.25. The van der Waals surface area contributed by atoms with Crippen LogP contribution in [-0.2, 0) is 16.0 Å². The summed E-state index contributed by atoms with van der Waals surface area (Å²) < 4.78 is 5.18. The molecule has 0 aromatic carbocycles. The van der Waals surface area contributed by atoms with Crippen LogP contribution in [0.4, 0.5) is 0 Å². The summed E-state index contributed by atoms with van der Waals surface area (Å²) in [6, 6.07) is 3.87. The van der Waals surface area contributed by atoms with Gasteiger partial charge in [0.15, 0.2) is 0 Å². The molecule has 0 atom stereocenters. The number of likely N-dealkylation sites (tertiary alicyclic amines) is 2. The van der Waals surface area contributed by atoms with Crippen LogP contribution >= 0.6 is 0 Å². The van der Waals surface area contributed by atoms with E-state index in [2.05, 4.69) is 14.8 Å². The summed E-state index contributed by atoms with van der Waals surface area (Å²) >= 11 is 0. The number of rotatable bonds is 5. The summed E-state index contributed by atoms with van der Waals surface area (Å²) in [5, 5.41) is 0. The third-order valence-corrected chi connectivity index (χ3v) is 5.78. The molecule has 0 unspecified atom stereocenters. The van der Waals surface area contributed by atoms with Gasteiger partial charge in [-0.15, -0.1) is 0 Å². The molecule has 2 aliphatic rings. The number of hydrogen-bond donors (Lipinski definition) is 0. The van der Waals surface area contributed by atoms with E-state index < -0.39 is 0 Å². The molecule has 0 N–H and O–H groups in total. The lowest BCUT2D eigenvalue weighted by molar-refractivity contribution is -0.133. The van der Waals surface area contributed by atoms with Gasteiger partial charge in [0.25, 0.3) is 0 Å². The Morgan fingerprint density at radius 3 is 2.54 bits per heavy atom. The van der Waals surface area contributed by atoms with Crippen molar-refractivity contribution in [2.45, 2.75) is 32.1 Å². The topological polar surface area (TPSA) is 45.7 Å². The van der Waals surface area contributed by atoms with E-state index in [-0.39, 0.29) is 5.91 Å². The zero-order valence-electron chi connectivity index (χ0n) is 14.7. The number of nitrogens with zero attached hydrogens (tertiary/aromatic N) is 3. The molecule has 132 valence electrons. The summed E-state index contributed by atoms with van der Waals surface area (Å²) in [7, 11) is 1.77. The van der Waals surface area contributed by atoms with Gasteiger partial charge in [-0.3, -0.25) is 9.78 Å². The predicted octanol–water partition coefficient (Wildman–Crippen LogP) is 1.98. The molecule has 0 radical (unpaired) electrons. The molecule has 0 bridgehead atoms.